The Bertz CT molecular complexity index is 1670. The third-order valence-electron chi connectivity index (χ3n) is 5.62. The van der Waals surface area contributed by atoms with E-state index in [1.165, 1.54) is 24.3 Å². The summed E-state index contributed by atoms with van der Waals surface area (Å²) in [7, 11) is 0. The fourth-order valence-electron chi connectivity index (χ4n) is 4.19. The zero-order chi connectivity index (χ0) is 23.6. The normalized spacial score (nSPS) is 11.5. The van der Waals surface area contributed by atoms with Crippen molar-refractivity contribution >= 4 is 62.5 Å². The van der Waals surface area contributed by atoms with Crippen LogP contribution in [-0.4, -0.2) is 16.2 Å². The van der Waals surface area contributed by atoms with Gasteiger partial charge in [0.1, 0.15) is 17.1 Å². The molecule has 0 aromatic heterocycles. The molecule has 0 spiro atoms. The highest BCUT2D eigenvalue weighted by Crippen LogP contribution is 2.49. The molecule has 0 radical (unpaired) electrons. The van der Waals surface area contributed by atoms with Gasteiger partial charge in [0.15, 0.2) is 5.43 Å². The van der Waals surface area contributed by atoms with E-state index in [0.717, 1.165) is 0 Å². The van der Waals surface area contributed by atoms with Crippen LogP contribution >= 0.6 is 34.8 Å². The Labute approximate surface area is 201 Å². The zero-order valence-corrected chi connectivity index (χ0v) is 19.1. The number of carboxylic acids is 1. The maximum Gasteiger partial charge on any atom is 0.337 e. The summed E-state index contributed by atoms with van der Waals surface area (Å²) >= 11 is 19.3. The Morgan fingerprint density at radius 1 is 0.879 bits per heavy atom. The minimum atomic E-state index is -1.27. The predicted molar refractivity (Wildman–Crippen MR) is 130 cm³/mol. The van der Waals surface area contributed by atoms with Gasteiger partial charge in [-0.2, -0.15) is 0 Å². The van der Waals surface area contributed by atoms with Crippen molar-refractivity contribution in [3.8, 4) is 28.2 Å². The molecule has 1 heterocycles. The lowest BCUT2D eigenvalue weighted by Gasteiger charge is -2.21. The average molecular weight is 500 g/mol. The van der Waals surface area contributed by atoms with Crippen LogP contribution in [0.2, 0.25) is 15.1 Å². The second-order valence-corrected chi connectivity index (χ2v) is 8.81. The number of benzene rings is 4. The molecule has 164 valence electrons. The molecule has 8 heteroatoms. The summed E-state index contributed by atoms with van der Waals surface area (Å²) in [5.41, 5.74) is 1.34. The number of carbonyl (C=O) groups is 1. The van der Waals surface area contributed by atoms with E-state index in [1.807, 2.05) is 0 Å². The molecule has 3 aromatic carbocycles. The van der Waals surface area contributed by atoms with E-state index in [9.17, 15) is 19.8 Å². The van der Waals surface area contributed by atoms with E-state index in [2.05, 4.69) is 0 Å². The van der Waals surface area contributed by atoms with Crippen molar-refractivity contribution in [1.82, 2.24) is 0 Å². The van der Waals surface area contributed by atoms with E-state index in [0.29, 0.717) is 32.8 Å². The van der Waals surface area contributed by atoms with Gasteiger partial charge in [-0.3, -0.25) is 4.79 Å². The maximum atomic E-state index is 12.8. The summed E-state index contributed by atoms with van der Waals surface area (Å²) in [5, 5.41) is 21.8. The molecule has 0 atom stereocenters. The lowest BCUT2D eigenvalue weighted by atomic mass is 9.87. The number of aromatic carboxylic acids is 1. The number of aromatic hydroxyl groups is 1. The van der Waals surface area contributed by atoms with Gasteiger partial charge in [-0.1, -0.05) is 59.1 Å². The van der Waals surface area contributed by atoms with Crippen LogP contribution in [0.25, 0.3) is 44.2 Å². The lowest BCUT2D eigenvalue weighted by Crippen LogP contribution is -2.07. The zero-order valence-electron chi connectivity index (χ0n) is 16.9. The standard InChI is InChI=1S/C25H13Cl3O5/c1-10-6-15(27)22(25(31)32)23(24(10)28)21-13-7-14(26)17(30)9-18(13)33-19-8-16(29)11-4-2-3-5-12(11)20(19)21/h2-9,30H,1H3,(H,31,32). The number of carboxylic acid groups (broad SMARTS) is 1. The molecule has 2 N–H and O–H groups in total. The van der Waals surface area contributed by atoms with Crippen LogP contribution in [0.15, 0.2) is 57.7 Å². The summed E-state index contributed by atoms with van der Waals surface area (Å²) in [5.74, 6) is -1.30. The van der Waals surface area contributed by atoms with Crippen LogP contribution < -0.4 is 5.43 Å². The van der Waals surface area contributed by atoms with Crippen molar-refractivity contribution in [1.29, 1.82) is 0 Å². The first-order valence-corrected chi connectivity index (χ1v) is 10.9. The largest absolute Gasteiger partial charge is 0.506 e. The number of phenols is 1. The van der Waals surface area contributed by atoms with Gasteiger partial charge in [0.25, 0.3) is 0 Å². The smallest absolute Gasteiger partial charge is 0.337 e. The van der Waals surface area contributed by atoms with Gasteiger partial charge in [0.2, 0.25) is 0 Å². The van der Waals surface area contributed by atoms with E-state index < -0.39 is 5.97 Å². The van der Waals surface area contributed by atoms with E-state index in [-0.39, 0.29) is 48.7 Å². The molecule has 0 amide bonds. The number of hydrogen-bond donors (Lipinski definition) is 2. The summed E-state index contributed by atoms with van der Waals surface area (Å²) in [6, 6.07) is 12.5. The fourth-order valence-corrected chi connectivity index (χ4v) is 4.93. The molecule has 1 aliphatic carbocycles. The molecule has 33 heavy (non-hydrogen) atoms. The fraction of sp³-hybridized carbons (Fsp3) is 0.0400. The number of rotatable bonds is 2. The topological polar surface area (TPSA) is 87.7 Å². The molecule has 5 nitrogen and oxygen atoms in total. The van der Waals surface area contributed by atoms with Crippen LogP contribution in [0, 0.1) is 6.92 Å². The summed E-state index contributed by atoms with van der Waals surface area (Å²) in [6.07, 6.45) is 0. The first-order chi connectivity index (χ1) is 15.7. The van der Waals surface area contributed by atoms with Gasteiger partial charge in [0.05, 0.1) is 20.6 Å². The van der Waals surface area contributed by atoms with Crippen LogP contribution in [0.5, 0.6) is 5.75 Å². The second kappa shape index (κ2) is 7.66. The van der Waals surface area contributed by atoms with E-state index in [4.69, 9.17) is 39.2 Å². The molecule has 0 bridgehead atoms. The molecular formula is C25H13Cl3O5. The highest BCUT2D eigenvalue weighted by Gasteiger charge is 2.29. The van der Waals surface area contributed by atoms with Crippen molar-refractivity contribution in [2.24, 2.45) is 0 Å². The Hall–Kier alpha value is -3.25. The highest BCUT2D eigenvalue weighted by molar-refractivity contribution is 6.40. The molecule has 0 saturated heterocycles. The van der Waals surface area contributed by atoms with Crippen molar-refractivity contribution in [2.75, 3.05) is 0 Å². The molecule has 3 aromatic rings. The Balaban J connectivity index is 2.17. The van der Waals surface area contributed by atoms with E-state index in [1.54, 1.807) is 31.2 Å². The molecule has 5 rings (SSSR count). The number of halogens is 3. The van der Waals surface area contributed by atoms with Crippen molar-refractivity contribution in [2.45, 2.75) is 6.92 Å². The first kappa shape index (κ1) is 21.6. The quantitative estimate of drug-likeness (QED) is 0.195. The number of hydrogen-bond acceptors (Lipinski definition) is 4. The van der Waals surface area contributed by atoms with Crippen molar-refractivity contribution in [3.05, 3.63) is 84.9 Å². The maximum absolute atomic E-state index is 12.8. The van der Waals surface area contributed by atoms with Gasteiger partial charge in [0, 0.05) is 39.6 Å². The van der Waals surface area contributed by atoms with Crippen LogP contribution in [-0.2, 0) is 0 Å². The Morgan fingerprint density at radius 2 is 1.58 bits per heavy atom. The summed E-state index contributed by atoms with van der Waals surface area (Å²) < 4.78 is 5.99. The third-order valence-corrected chi connectivity index (χ3v) is 6.71. The molecule has 1 aliphatic heterocycles. The minimum Gasteiger partial charge on any atom is -0.506 e. The first-order valence-electron chi connectivity index (χ1n) is 9.72. The van der Waals surface area contributed by atoms with Gasteiger partial charge < -0.3 is 14.6 Å². The summed E-state index contributed by atoms with van der Waals surface area (Å²) in [4.78, 5) is 25.1. The highest BCUT2D eigenvalue weighted by atomic mass is 35.5. The second-order valence-electron chi connectivity index (χ2n) is 7.61. The molecule has 2 aliphatic rings. The average Bonchev–Trinajstić information content (AvgIpc) is 2.76. The van der Waals surface area contributed by atoms with Crippen LogP contribution in [0.3, 0.4) is 0 Å². The van der Waals surface area contributed by atoms with Crippen molar-refractivity contribution in [3.63, 3.8) is 0 Å². The summed E-state index contributed by atoms with van der Waals surface area (Å²) in [6.45, 7) is 1.72. The van der Waals surface area contributed by atoms with Crippen molar-refractivity contribution < 1.29 is 19.4 Å². The Morgan fingerprint density at radius 3 is 2.27 bits per heavy atom. The van der Waals surface area contributed by atoms with Crippen LogP contribution in [0.4, 0.5) is 0 Å². The van der Waals surface area contributed by atoms with Crippen LogP contribution in [0.1, 0.15) is 15.9 Å². The number of aryl methyl sites for hydroxylation is 1. The number of phenolic OH excluding ortho intramolecular Hbond substituents is 1. The van der Waals surface area contributed by atoms with Gasteiger partial charge in [-0.15, -0.1) is 0 Å². The SMILES string of the molecule is Cc1cc(Cl)c(C(=O)O)c(-c2c3c4ccccc4c(=O)cc-3oc3cc(O)c(Cl)cc23)c1Cl. The molecule has 0 unspecified atom stereocenters. The molecule has 0 saturated carbocycles. The Kier molecular flexibility index (Phi) is 5.01. The van der Waals surface area contributed by atoms with Gasteiger partial charge >= 0.3 is 5.97 Å². The predicted octanol–water partition coefficient (Wildman–Crippen LogP) is 7.39. The van der Waals surface area contributed by atoms with E-state index >= 15 is 0 Å². The van der Waals surface area contributed by atoms with Gasteiger partial charge in [-0.05, 0) is 30.0 Å². The number of fused-ring (bicyclic) bond motifs is 4. The van der Waals surface area contributed by atoms with Gasteiger partial charge in [-0.25, -0.2) is 4.79 Å². The lowest BCUT2D eigenvalue weighted by molar-refractivity contribution is 0.0698. The molecule has 0 fully saturated rings. The minimum absolute atomic E-state index is 0.0103. The molecular weight excluding hydrogens is 487 g/mol. The third kappa shape index (κ3) is 3.23. The monoisotopic (exact) mass is 498 g/mol.